The summed E-state index contributed by atoms with van der Waals surface area (Å²) >= 11 is 1.43. The Morgan fingerprint density at radius 1 is 1.15 bits per heavy atom. The van der Waals surface area contributed by atoms with Crippen molar-refractivity contribution in [2.45, 2.75) is 36.2 Å². The second-order valence-corrected chi connectivity index (χ2v) is 7.75. The van der Waals surface area contributed by atoms with Crippen LogP contribution in [0.5, 0.6) is 11.5 Å². The maximum atomic E-state index is 12.5. The highest BCUT2D eigenvalue weighted by Crippen LogP contribution is 2.38. The molecule has 0 bridgehead atoms. The molecule has 7 heteroatoms. The first kappa shape index (κ1) is 17.6. The molecule has 2 aromatic carbocycles. The molecule has 1 amide bonds. The van der Waals surface area contributed by atoms with Gasteiger partial charge in [-0.2, -0.15) is 0 Å². The number of para-hydroxylation sites is 1. The Labute approximate surface area is 162 Å². The summed E-state index contributed by atoms with van der Waals surface area (Å²) in [6, 6.07) is 17.4. The van der Waals surface area contributed by atoms with Crippen molar-refractivity contribution in [1.29, 1.82) is 0 Å². The molecule has 1 fully saturated rings. The van der Waals surface area contributed by atoms with E-state index in [1.54, 1.807) is 6.33 Å². The molecule has 4 rings (SSSR count). The molecule has 1 unspecified atom stereocenters. The van der Waals surface area contributed by atoms with Crippen LogP contribution >= 0.6 is 11.8 Å². The molecule has 0 saturated heterocycles. The van der Waals surface area contributed by atoms with Crippen LogP contribution in [0.15, 0.2) is 66.1 Å². The van der Waals surface area contributed by atoms with Gasteiger partial charge in [0.05, 0.1) is 5.25 Å². The molecule has 3 aromatic rings. The van der Waals surface area contributed by atoms with Crippen molar-refractivity contribution >= 4 is 23.4 Å². The van der Waals surface area contributed by atoms with Crippen molar-refractivity contribution in [3.05, 3.63) is 60.9 Å². The van der Waals surface area contributed by atoms with E-state index in [0.717, 1.165) is 35.2 Å². The molecule has 1 saturated carbocycles. The largest absolute Gasteiger partial charge is 0.457 e. The number of thioether (sulfide) groups is 1. The molecule has 6 nitrogen and oxygen atoms in total. The number of rotatable bonds is 7. The number of nitrogens with zero attached hydrogens (tertiary/aromatic N) is 3. The third-order valence-corrected chi connectivity index (χ3v) is 5.30. The molecule has 138 valence electrons. The second-order valence-electron chi connectivity index (χ2n) is 6.44. The number of ether oxygens (including phenoxy) is 1. The van der Waals surface area contributed by atoms with Gasteiger partial charge in [0, 0.05) is 11.7 Å². The normalized spacial score (nSPS) is 14.6. The number of amides is 1. The highest BCUT2D eigenvalue weighted by atomic mass is 32.2. The lowest BCUT2D eigenvalue weighted by Crippen LogP contribution is -2.22. The van der Waals surface area contributed by atoms with Gasteiger partial charge < -0.3 is 14.6 Å². The summed E-state index contributed by atoms with van der Waals surface area (Å²) in [6.45, 7) is 1.87. The van der Waals surface area contributed by atoms with Gasteiger partial charge in [0.1, 0.15) is 17.8 Å². The Hall–Kier alpha value is -2.80. The first-order valence-electron chi connectivity index (χ1n) is 8.89. The quantitative estimate of drug-likeness (QED) is 0.610. The average molecular weight is 380 g/mol. The maximum Gasteiger partial charge on any atom is 0.237 e. The summed E-state index contributed by atoms with van der Waals surface area (Å²) in [6.07, 6.45) is 4.06. The van der Waals surface area contributed by atoms with Gasteiger partial charge in [-0.05, 0) is 56.2 Å². The molecular weight excluding hydrogens is 360 g/mol. The van der Waals surface area contributed by atoms with E-state index in [4.69, 9.17) is 4.74 Å². The van der Waals surface area contributed by atoms with Gasteiger partial charge in [-0.3, -0.25) is 4.79 Å². The number of anilines is 1. The Kier molecular flexibility index (Phi) is 5.11. The SMILES string of the molecule is CC(Sc1nncn1C1CC1)C(=O)Nc1ccc(Oc2ccccc2)cc1. The van der Waals surface area contributed by atoms with Crippen LogP contribution in [0.3, 0.4) is 0 Å². The average Bonchev–Trinajstić information content (AvgIpc) is 3.43. The molecule has 0 spiro atoms. The van der Waals surface area contributed by atoms with Crippen LogP contribution in [0.1, 0.15) is 25.8 Å². The smallest absolute Gasteiger partial charge is 0.237 e. The van der Waals surface area contributed by atoms with E-state index < -0.39 is 0 Å². The fourth-order valence-electron chi connectivity index (χ4n) is 2.61. The summed E-state index contributed by atoms with van der Waals surface area (Å²) in [5, 5.41) is 11.6. The molecule has 27 heavy (non-hydrogen) atoms. The van der Waals surface area contributed by atoms with Gasteiger partial charge in [0.25, 0.3) is 0 Å². The van der Waals surface area contributed by atoms with Crippen LogP contribution in [0.2, 0.25) is 0 Å². The fourth-order valence-corrected chi connectivity index (χ4v) is 3.50. The van der Waals surface area contributed by atoms with Crippen LogP contribution in [-0.4, -0.2) is 25.9 Å². The van der Waals surface area contributed by atoms with Crippen molar-refractivity contribution in [3.8, 4) is 11.5 Å². The Bertz CT molecular complexity index is 907. The topological polar surface area (TPSA) is 69.0 Å². The highest BCUT2D eigenvalue weighted by molar-refractivity contribution is 8.00. The number of benzene rings is 2. The number of carbonyl (C=O) groups excluding carboxylic acids is 1. The Balaban J connectivity index is 1.34. The van der Waals surface area contributed by atoms with Crippen molar-refractivity contribution in [1.82, 2.24) is 14.8 Å². The molecule has 0 radical (unpaired) electrons. The molecule has 1 N–H and O–H groups in total. The van der Waals surface area contributed by atoms with E-state index in [1.165, 1.54) is 11.8 Å². The minimum Gasteiger partial charge on any atom is -0.457 e. The maximum absolute atomic E-state index is 12.5. The van der Waals surface area contributed by atoms with E-state index in [1.807, 2.05) is 61.5 Å². The number of nitrogens with one attached hydrogen (secondary N) is 1. The van der Waals surface area contributed by atoms with Crippen LogP contribution in [0.25, 0.3) is 0 Å². The highest BCUT2D eigenvalue weighted by Gasteiger charge is 2.27. The lowest BCUT2D eigenvalue weighted by Gasteiger charge is -2.12. The van der Waals surface area contributed by atoms with E-state index >= 15 is 0 Å². The Morgan fingerprint density at radius 3 is 2.56 bits per heavy atom. The predicted octanol–water partition coefficient (Wildman–Crippen LogP) is 4.52. The zero-order valence-corrected chi connectivity index (χ0v) is 15.7. The first-order chi connectivity index (χ1) is 13.2. The van der Waals surface area contributed by atoms with Crippen molar-refractivity contribution < 1.29 is 9.53 Å². The monoisotopic (exact) mass is 380 g/mol. The van der Waals surface area contributed by atoms with Gasteiger partial charge in [0.15, 0.2) is 5.16 Å². The van der Waals surface area contributed by atoms with Crippen molar-refractivity contribution in [3.63, 3.8) is 0 Å². The lowest BCUT2D eigenvalue weighted by molar-refractivity contribution is -0.115. The van der Waals surface area contributed by atoms with Crippen molar-refractivity contribution in [2.75, 3.05) is 5.32 Å². The van der Waals surface area contributed by atoms with Crippen LogP contribution in [-0.2, 0) is 4.79 Å². The molecular formula is C20H20N4O2S. The third kappa shape index (κ3) is 4.49. The zero-order chi connectivity index (χ0) is 18.6. The van der Waals surface area contributed by atoms with Crippen LogP contribution in [0.4, 0.5) is 5.69 Å². The van der Waals surface area contributed by atoms with E-state index in [-0.39, 0.29) is 11.2 Å². The van der Waals surface area contributed by atoms with Gasteiger partial charge >= 0.3 is 0 Å². The number of aromatic nitrogens is 3. The summed E-state index contributed by atoms with van der Waals surface area (Å²) < 4.78 is 7.82. The number of hydrogen-bond donors (Lipinski definition) is 1. The molecule has 1 aliphatic rings. The molecule has 0 aliphatic heterocycles. The lowest BCUT2D eigenvalue weighted by atomic mass is 10.3. The van der Waals surface area contributed by atoms with Gasteiger partial charge in [0.2, 0.25) is 5.91 Å². The fraction of sp³-hybridized carbons (Fsp3) is 0.250. The molecule has 1 heterocycles. The number of hydrogen-bond acceptors (Lipinski definition) is 5. The zero-order valence-electron chi connectivity index (χ0n) is 14.9. The standard InChI is InChI=1S/C20H20N4O2S/c1-14(27-20-23-21-13-24(20)16-9-10-16)19(25)22-15-7-11-18(12-8-15)26-17-5-3-2-4-6-17/h2-8,11-14,16H,9-10H2,1H3,(H,22,25). The molecule has 1 aliphatic carbocycles. The van der Waals surface area contributed by atoms with Gasteiger partial charge in [-0.1, -0.05) is 30.0 Å². The first-order valence-corrected chi connectivity index (χ1v) is 9.77. The van der Waals surface area contributed by atoms with Crippen molar-refractivity contribution in [2.24, 2.45) is 0 Å². The second kappa shape index (κ2) is 7.84. The summed E-state index contributed by atoms with van der Waals surface area (Å²) in [5.74, 6) is 1.43. The Morgan fingerprint density at radius 2 is 1.85 bits per heavy atom. The molecule has 1 atom stereocenters. The van der Waals surface area contributed by atoms with E-state index in [9.17, 15) is 4.79 Å². The third-order valence-electron chi connectivity index (χ3n) is 4.23. The molecule has 1 aromatic heterocycles. The summed E-state index contributed by atoms with van der Waals surface area (Å²) in [5.41, 5.74) is 0.733. The van der Waals surface area contributed by atoms with Gasteiger partial charge in [-0.25, -0.2) is 0 Å². The summed E-state index contributed by atoms with van der Waals surface area (Å²) in [7, 11) is 0. The predicted molar refractivity (Wildman–Crippen MR) is 105 cm³/mol. The van der Waals surface area contributed by atoms with Gasteiger partial charge in [-0.15, -0.1) is 10.2 Å². The van der Waals surface area contributed by atoms with Crippen LogP contribution in [0, 0.1) is 0 Å². The minimum atomic E-state index is -0.271. The van der Waals surface area contributed by atoms with E-state index in [2.05, 4.69) is 20.1 Å². The minimum absolute atomic E-state index is 0.0675. The van der Waals surface area contributed by atoms with Crippen LogP contribution < -0.4 is 10.1 Å². The van der Waals surface area contributed by atoms with E-state index in [0.29, 0.717) is 6.04 Å². The summed E-state index contributed by atoms with van der Waals surface area (Å²) in [4.78, 5) is 12.5. The number of carbonyl (C=O) groups is 1.